The highest BCUT2D eigenvalue weighted by atomic mass is 14.9. The van der Waals surface area contributed by atoms with Gasteiger partial charge in [-0.2, -0.15) is 0 Å². The van der Waals surface area contributed by atoms with Crippen molar-refractivity contribution in [1.29, 1.82) is 0 Å². The highest BCUT2D eigenvalue weighted by Gasteiger charge is 2.21. The van der Waals surface area contributed by atoms with Gasteiger partial charge in [0.2, 0.25) is 0 Å². The van der Waals surface area contributed by atoms with E-state index < -0.39 is 0 Å². The molecule has 0 radical (unpaired) electrons. The lowest BCUT2D eigenvalue weighted by molar-refractivity contribution is 0.430. The second-order valence-corrected chi connectivity index (χ2v) is 4.70. The van der Waals surface area contributed by atoms with Crippen LogP contribution in [0, 0.1) is 5.92 Å². The zero-order chi connectivity index (χ0) is 10.5. The summed E-state index contributed by atoms with van der Waals surface area (Å²) in [4.78, 5) is 0. The molecule has 2 atom stereocenters. The molecule has 1 saturated carbocycles. The molecule has 0 aromatic heterocycles. The Kier molecular flexibility index (Phi) is 3.79. The molecule has 0 heterocycles. The van der Waals surface area contributed by atoms with Gasteiger partial charge >= 0.3 is 0 Å². The third kappa shape index (κ3) is 3.07. The van der Waals surface area contributed by atoms with Crippen molar-refractivity contribution in [2.24, 2.45) is 5.92 Å². The van der Waals surface area contributed by atoms with Gasteiger partial charge in [0.15, 0.2) is 0 Å². The van der Waals surface area contributed by atoms with Crippen LogP contribution in [0.3, 0.4) is 0 Å². The number of benzene rings is 1. The molecule has 0 saturated heterocycles. The fraction of sp³-hybridized carbons (Fsp3) is 0.571. The molecule has 0 aliphatic heterocycles. The van der Waals surface area contributed by atoms with Crippen molar-refractivity contribution in [3.05, 3.63) is 35.9 Å². The standard InChI is InChI=1S/C14H21N/c1-12-6-5-9-14(12)15-11-10-13-7-3-2-4-8-13/h2-4,7-8,12,14-15H,5-6,9-11H2,1H3/t12-,14-/m1/s1. The molecule has 1 aliphatic carbocycles. The van der Waals surface area contributed by atoms with Gasteiger partial charge in [-0.1, -0.05) is 43.7 Å². The van der Waals surface area contributed by atoms with Crippen LogP contribution in [0.25, 0.3) is 0 Å². The zero-order valence-electron chi connectivity index (χ0n) is 9.58. The first-order valence-corrected chi connectivity index (χ1v) is 6.13. The normalized spacial score (nSPS) is 25.7. The third-order valence-electron chi connectivity index (χ3n) is 3.52. The van der Waals surface area contributed by atoms with Crippen LogP contribution in [0.1, 0.15) is 31.7 Å². The number of rotatable bonds is 4. The monoisotopic (exact) mass is 203 g/mol. The highest BCUT2D eigenvalue weighted by Crippen LogP contribution is 2.24. The first kappa shape index (κ1) is 10.7. The second-order valence-electron chi connectivity index (χ2n) is 4.70. The lowest BCUT2D eigenvalue weighted by atomic mass is 10.1. The lowest BCUT2D eigenvalue weighted by Crippen LogP contribution is -2.32. The maximum Gasteiger partial charge on any atom is 0.00928 e. The topological polar surface area (TPSA) is 12.0 Å². The molecule has 0 unspecified atom stereocenters. The summed E-state index contributed by atoms with van der Waals surface area (Å²) in [6.07, 6.45) is 5.34. The fourth-order valence-electron chi connectivity index (χ4n) is 2.50. The quantitative estimate of drug-likeness (QED) is 0.793. The molecule has 1 aliphatic rings. The van der Waals surface area contributed by atoms with E-state index in [1.807, 2.05) is 0 Å². The van der Waals surface area contributed by atoms with Gasteiger partial charge < -0.3 is 5.32 Å². The second kappa shape index (κ2) is 5.32. The van der Waals surface area contributed by atoms with E-state index in [-0.39, 0.29) is 0 Å². The summed E-state index contributed by atoms with van der Waals surface area (Å²) < 4.78 is 0. The van der Waals surface area contributed by atoms with E-state index in [0.717, 1.165) is 24.9 Å². The van der Waals surface area contributed by atoms with Crippen molar-refractivity contribution >= 4 is 0 Å². The van der Waals surface area contributed by atoms with Gasteiger partial charge in [-0.25, -0.2) is 0 Å². The van der Waals surface area contributed by atoms with E-state index in [1.165, 1.54) is 24.8 Å². The van der Waals surface area contributed by atoms with Gasteiger partial charge in [-0.3, -0.25) is 0 Å². The molecule has 1 nitrogen and oxygen atoms in total. The molecule has 1 fully saturated rings. The largest absolute Gasteiger partial charge is 0.313 e. The van der Waals surface area contributed by atoms with Crippen molar-refractivity contribution in [1.82, 2.24) is 5.32 Å². The molecule has 15 heavy (non-hydrogen) atoms. The first-order chi connectivity index (χ1) is 7.36. The van der Waals surface area contributed by atoms with Gasteiger partial charge in [0.1, 0.15) is 0 Å². The summed E-state index contributed by atoms with van der Waals surface area (Å²) in [6, 6.07) is 11.5. The van der Waals surface area contributed by atoms with Crippen LogP contribution in [0.15, 0.2) is 30.3 Å². The van der Waals surface area contributed by atoms with E-state index in [0.29, 0.717) is 0 Å². The Bertz CT molecular complexity index is 281. The fourth-order valence-corrected chi connectivity index (χ4v) is 2.50. The summed E-state index contributed by atoms with van der Waals surface area (Å²) in [5, 5.41) is 3.68. The minimum Gasteiger partial charge on any atom is -0.313 e. The summed E-state index contributed by atoms with van der Waals surface area (Å²) in [5.41, 5.74) is 1.44. The maximum absolute atomic E-state index is 3.68. The molecule has 0 bridgehead atoms. The van der Waals surface area contributed by atoms with Crippen molar-refractivity contribution in [2.45, 2.75) is 38.6 Å². The Labute approximate surface area is 92.9 Å². The van der Waals surface area contributed by atoms with Crippen molar-refractivity contribution in [2.75, 3.05) is 6.54 Å². The van der Waals surface area contributed by atoms with Crippen molar-refractivity contribution < 1.29 is 0 Å². The summed E-state index contributed by atoms with van der Waals surface area (Å²) in [6.45, 7) is 3.49. The molecule has 1 aromatic rings. The van der Waals surface area contributed by atoms with E-state index in [9.17, 15) is 0 Å². The summed E-state index contributed by atoms with van der Waals surface area (Å²) in [5.74, 6) is 0.876. The van der Waals surface area contributed by atoms with Crippen LogP contribution >= 0.6 is 0 Å². The SMILES string of the molecule is C[C@@H]1CCC[C@H]1NCCc1ccccc1. The Balaban J connectivity index is 1.71. The Morgan fingerprint density at radius 2 is 2.00 bits per heavy atom. The van der Waals surface area contributed by atoms with Gasteiger partial charge in [0.05, 0.1) is 0 Å². The molecule has 1 aromatic carbocycles. The average molecular weight is 203 g/mol. The summed E-state index contributed by atoms with van der Waals surface area (Å²) in [7, 11) is 0. The van der Waals surface area contributed by atoms with E-state index in [1.54, 1.807) is 0 Å². The van der Waals surface area contributed by atoms with Crippen molar-refractivity contribution in [3.63, 3.8) is 0 Å². The first-order valence-electron chi connectivity index (χ1n) is 6.13. The molecule has 1 N–H and O–H groups in total. The Hall–Kier alpha value is -0.820. The van der Waals surface area contributed by atoms with Crippen LogP contribution < -0.4 is 5.32 Å². The smallest absolute Gasteiger partial charge is 0.00928 e. The van der Waals surface area contributed by atoms with Crippen LogP contribution in [0.2, 0.25) is 0 Å². The lowest BCUT2D eigenvalue weighted by Gasteiger charge is -2.17. The molecule has 0 spiro atoms. The van der Waals surface area contributed by atoms with Gasteiger partial charge in [0, 0.05) is 6.04 Å². The molecule has 1 heteroatoms. The van der Waals surface area contributed by atoms with Crippen LogP contribution in [-0.2, 0) is 6.42 Å². The van der Waals surface area contributed by atoms with Gasteiger partial charge in [-0.05, 0) is 37.3 Å². The molecule has 2 rings (SSSR count). The van der Waals surface area contributed by atoms with Crippen LogP contribution in [0.5, 0.6) is 0 Å². The minimum absolute atomic E-state index is 0.772. The van der Waals surface area contributed by atoms with E-state index >= 15 is 0 Å². The predicted octanol–water partition coefficient (Wildman–Crippen LogP) is 3.01. The van der Waals surface area contributed by atoms with Crippen molar-refractivity contribution in [3.8, 4) is 0 Å². The Morgan fingerprint density at radius 3 is 2.67 bits per heavy atom. The zero-order valence-corrected chi connectivity index (χ0v) is 9.58. The average Bonchev–Trinajstić information content (AvgIpc) is 2.66. The van der Waals surface area contributed by atoms with E-state index in [4.69, 9.17) is 0 Å². The highest BCUT2D eigenvalue weighted by molar-refractivity contribution is 5.14. The minimum atomic E-state index is 0.772. The number of hydrogen-bond acceptors (Lipinski definition) is 1. The molecule has 0 amide bonds. The molecular formula is C14H21N. The third-order valence-corrected chi connectivity index (χ3v) is 3.52. The van der Waals surface area contributed by atoms with Crippen LogP contribution in [-0.4, -0.2) is 12.6 Å². The predicted molar refractivity (Wildman–Crippen MR) is 65.0 cm³/mol. The molecular weight excluding hydrogens is 182 g/mol. The molecule has 82 valence electrons. The van der Waals surface area contributed by atoms with Gasteiger partial charge in [-0.15, -0.1) is 0 Å². The summed E-state index contributed by atoms with van der Waals surface area (Å²) >= 11 is 0. The Morgan fingerprint density at radius 1 is 1.20 bits per heavy atom. The number of nitrogens with one attached hydrogen (secondary N) is 1. The van der Waals surface area contributed by atoms with E-state index in [2.05, 4.69) is 42.6 Å². The maximum atomic E-state index is 3.68. The van der Waals surface area contributed by atoms with Gasteiger partial charge in [0.25, 0.3) is 0 Å². The number of hydrogen-bond donors (Lipinski definition) is 1. The van der Waals surface area contributed by atoms with Crippen LogP contribution in [0.4, 0.5) is 0 Å².